The number of hydrogen-bond donors (Lipinski definition) is 0. The first kappa shape index (κ1) is 10.6. The zero-order valence-electron chi connectivity index (χ0n) is 7.01. The molecule has 0 spiro atoms. The number of rotatable bonds is 4. The molecule has 0 amide bonds. The van der Waals surface area contributed by atoms with Gasteiger partial charge in [0.05, 0.1) is 11.1 Å². The van der Waals surface area contributed by atoms with Crippen molar-refractivity contribution < 1.29 is 13.5 Å². The van der Waals surface area contributed by atoms with E-state index in [4.69, 9.17) is 4.74 Å². The molecule has 0 aromatic carbocycles. The van der Waals surface area contributed by atoms with E-state index in [1.54, 1.807) is 0 Å². The third kappa shape index (κ3) is 3.04. The largest absolute Gasteiger partial charge is 0.378 e. The third-order valence-electron chi connectivity index (χ3n) is 1.39. The predicted molar refractivity (Wildman–Crippen MR) is 46.6 cm³/mol. The Morgan fingerprint density at radius 1 is 1.69 bits per heavy atom. The van der Waals surface area contributed by atoms with E-state index in [1.165, 1.54) is 18.0 Å². The summed E-state index contributed by atoms with van der Waals surface area (Å²) in [5, 5.41) is 3.90. The summed E-state index contributed by atoms with van der Waals surface area (Å²) in [5.74, 6) is 0. The van der Waals surface area contributed by atoms with E-state index in [0.717, 1.165) is 0 Å². The van der Waals surface area contributed by atoms with Crippen LogP contribution in [-0.2, 0) is 17.9 Å². The summed E-state index contributed by atoms with van der Waals surface area (Å²) in [5.41, 5.74) is 0.628. The summed E-state index contributed by atoms with van der Waals surface area (Å²) < 4.78 is 30.6. The normalized spacial score (nSPS) is 11.2. The fraction of sp³-hybridized carbons (Fsp3) is 0.571. The summed E-state index contributed by atoms with van der Waals surface area (Å²) in [6, 6.07) is 0. The van der Waals surface area contributed by atoms with Crippen molar-refractivity contribution in [3.63, 3.8) is 0 Å². The molecule has 13 heavy (non-hydrogen) atoms. The minimum Gasteiger partial charge on any atom is -0.378 e. The zero-order valence-corrected chi connectivity index (χ0v) is 8.59. The summed E-state index contributed by atoms with van der Waals surface area (Å²) >= 11 is 3.20. The summed E-state index contributed by atoms with van der Waals surface area (Å²) in [6.45, 7) is -0.0703. The van der Waals surface area contributed by atoms with Crippen molar-refractivity contribution in [1.29, 1.82) is 0 Å². The van der Waals surface area contributed by atoms with Crippen molar-refractivity contribution in [3.05, 3.63) is 16.4 Å². The monoisotopic (exact) mass is 254 g/mol. The highest BCUT2D eigenvalue weighted by Gasteiger charge is 2.09. The van der Waals surface area contributed by atoms with Gasteiger partial charge in [-0.25, -0.2) is 8.78 Å². The van der Waals surface area contributed by atoms with Crippen LogP contribution >= 0.6 is 15.9 Å². The molecule has 0 fully saturated rings. The molecular formula is C7H9BrF2N2O. The number of alkyl halides is 2. The molecule has 0 bridgehead atoms. The van der Waals surface area contributed by atoms with Crippen molar-refractivity contribution in [2.75, 3.05) is 7.11 Å². The Morgan fingerprint density at radius 2 is 2.38 bits per heavy atom. The summed E-state index contributed by atoms with van der Waals surface area (Å²) in [4.78, 5) is 0. The van der Waals surface area contributed by atoms with Gasteiger partial charge >= 0.3 is 0 Å². The minimum absolute atomic E-state index is 0.316. The number of hydrogen-bond acceptors (Lipinski definition) is 2. The second kappa shape index (κ2) is 4.66. The summed E-state index contributed by atoms with van der Waals surface area (Å²) in [7, 11) is 1.53. The third-order valence-corrected chi connectivity index (χ3v) is 2.06. The van der Waals surface area contributed by atoms with Crippen LogP contribution in [0.15, 0.2) is 10.7 Å². The van der Waals surface area contributed by atoms with Gasteiger partial charge in [-0.3, -0.25) is 4.68 Å². The lowest BCUT2D eigenvalue weighted by Crippen LogP contribution is -2.07. The Balaban J connectivity index is 2.70. The molecule has 1 aromatic heterocycles. The maximum atomic E-state index is 11.9. The van der Waals surface area contributed by atoms with Crippen molar-refractivity contribution in [2.24, 2.45) is 0 Å². The van der Waals surface area contributed by atoms with Crippen molar-refractivity contribution in [2.45, 2.75) is 19.6 Å². The van der Waals surface area contributed by atoms with Gasteiger partial charge < -0.3 is 4.74 Å². The lowest BCUT2D eigenvalue weighted by Gasteiger charge is -1.98. The zero-order chi connectivity index (χ0) is 9.84. The maximum absolute atomic E-state index is 11.9. The van der Waals surface area contributed by atoms with Crippen LogP contribution in [0.4, 0.5) is 8.78 Å². The van der Waals surface area contributed by atoms with Gasteiger partial charge in [0.1, 0.15) is 12.2 Å². The minimum atomic E-state index is -2.39. The second-order valence-electron chi connectivity index (χ2n) is 2.47. The molecule has 0 unspecified atom stereocenters. The van der Waals surface area contributed by atoms with E-state index in [9.17, 15) is 8.78 Å². The number of methoxy groups -OCH3 is 1. The van der Waals surface area contributed by atoms with Gasteiger partial charge in [-0.1, -0.05) is 0 Å². The Bertz CT molecular complexity index is 277. The van der Waals surface area contributed by atoms with E-state index < -0.39 is 6.43 Å². The topological polar surface area (TPSA) is 27.1 Å². The molecule has 1 heterocycles. The van der Waals surface area contributed by atoms with Crippen molar-refractivity contribution in [3.8, 4) is 0 Å². The van der Waals surface area contributed by atoms with Crippen LogP contribution in [0.1, 0.15) is 5.69 Å². The molecule has 0 aliphatic carbocycles. The van der Waals surface area contributed by atoms with Crippen LogP contribution < -0.4 is 0 Å². The van der Waals surface area contributed by atoms with Gasteiger partial charge in [-0.15, -0.1) is 0 Å². The van der Waals surface area contributed by atoms with Gasteiger partial charge in [0.15, 0.2) is 0 Å². The first-order valence-corrected chi connectivity index (χ1v) is 4.41. The number of halogens is 3. The first-order valence-electron chi connectivity index (χ1n) is 3.62. The molecule has 0 aliphatic heterocycles. The molecule has 74 valence electrons. The van der Waals surface area contributed by atoms with E-state index in [-0.39, 0.29) is 6.54 Å². The Hall–Kier alpha value is -0.490. The number of ether oxygens (including phenoxy) is 1. The Morgan fingerprint density at radius 3 is 2.92 bits per heavy atom. The standard InChI is InChI=1S/C7H9BrF2N2O/c1-13-4-6-5(8)2-12(11-6)3-7(9)10/h2,7H,3-4H2,1H3. The van der Waals surface area contributed by atoms with Gasteiger partial charge in [0.2, 0.25) is 0 Å². The maximum Gasteiger partial charge on any atom is 0.257 e. The Kier molecular flexibility index (Phi) is 3.80. The quantitative estimate of drug-likeness (QED) is 0.823. The van der Waals surface area contributed by atoms with Gasteiger partial charge in [0, 0.05) is 13.3 Å². The lowest BCUT2D eigenvalue weighted by atomic mass is 10.5. The molecular weight excluding hydrogens is 246 g/mol. The highest BCUT2D eigenvalue weighted by Crippen LogP contribution is 2.16. The van der Waals surface area contributed by atoms with Crippen LogP contribution in [0.5, 0.6) is 0 Å². The molecule has 0 N–H and O–H groups in total. The highest BCUT2D eigenvalue weighted by molar-refractivity contribution is 9.10. The lowest BCUT2D eigenvalue weighted by molar-refractivity contribution is 0.120. The fourth-order valence-corrected chi connectivity index (χ4v) is 1.34. The predicted octanol–water partition coefficient (Wildman–Crippen LogP) is 2.06. The average molecular weight is 255 g/mol. The van der Waals surface area contributed by atoms with Crippen LogP contribution in [0.2, 0.25) is 0 Å². The van der Waals surface area contributed by atoms with E-state index >= 15 is 0 Å². The molecule has 1 aromatic rings. The first-order chi connectivity index (χ1) is 6.13. The van der Waals surface area contributed by atoms with Crippen LogP contribution in [0.3, 0.4) is 0 Å². The SMILES string of the molecule is COCc1nn(CC(F)F)cc1Br. The molecule has 0 atom stereocenters. The molecule has 0 aliphatic rings. The Labute approximate surface area is 82.8 Å². The van der Waals surface area contributed by atoms with Crippen molar-refractivity contribution >= 4 is 15.9 Å². The summed E-state index contributed by atoms with van der Waals surface area (Å²) in [6.07, 6.45) is -0.872. The molecule has 1 rings (SSSR count). The van der Waals surface area contributed by atoms with Crippen LogP contribution in [0.25, 0.3) is 0 Å². The molecule has 6 heteroatoms. The average Bonchev–Trinajstić information content (AvgIpc) is 2.31. The second-order valence-corrected chi connectivity index (χ2v) is 3.32. The molecule has 0 saturated carbocycles. The number of nitrogens with zero attached hydrogens (tertiary/aromatic N) is 2. The molecule has 0 saturated heterocycles. The van der Waals surface area contributed by atoms with Gasteiger partial charge in [-0.2, -0.15) is 5.10 Å². The van der Waals surface area contributed by atoms with Gasteiger partial charge in [-0.05, 0) is 15.9 Å². The van der Waals surface area contributed by atoms with Gasteiger partial charge in [0.25, 0.3) is 6.43 Å². The highest BCUT2D eigenvalue weighted by atomic mass is 79.9. The van der Waals surface area contributed by atoms with E-state index in [1.807, 2.05) is 0 Å². The number of aromatic nitrogens is 2. The van der Waals surface area contributed by atoms with Crippen molar-refractivity contribution in [1.82, 2.24) is 9.78 Å². The van der Waals surface area contributed by atoms with E-state index in [2.05, 4.69) is 21.0 Å². The molecule has 3 nitrogen and oxygen atoms in total. The smallest absolute Gasteiger partial charge is 0.257 e. The van der Waals surface area contributed by atoms with E-state index in [0.29, 0.717) is 16.8 Å². The van der Waals surface area contributed by atoms with Crippen LogP contribution in [0, 0.1) is 0 Å². The van der Waals surface area contributed by atoms with Crippen LogP contribution in [-0.4, -0.2) is 23.3 Å². The fourth-order valence-electron chi connectivity index (χ4n) is 0.906. The molecule has 0 radical (unpaired) electrons.